The van der Waals surface area contributed by atoms with Gasteiger partial charge in [-0.2, -0.15) is 4.31 Å². The van der Waals surface area contributed by atoms with E-state index in [9.17, 15) is 18.0 Å². The highest BCUT2D eigenvalue weighted by atomic mass is 32.2. The highest BCUT2D eigenvalue weighted by Crippen LogP contribution is 2.24. The van der Waals surface area contributed by atoms with Crippen molar-refractivity contribution < 1.29 is 18.0 Å². The standard InChI is InChI=1S/C18H33N3O4S/c1-5-14-26(24,25)21-9-7-6-8-15(21)16(22)19-10-12-20(13-11-19)17(23)18(2,3)4/h15H,5-14H2,1-4H3. The topological polar surface area (TPSA) is 78.0 Å². The average Bonchev–Trinajstić information content (AvgIpc) is 2.60. The Hall–Kier alpha value is -1.15. The summed E-state index contributed by atoms with van der Waals surface area (Å²) in [4.78, 5) is 28.9. The molecule has 0 bridgehead atoms. The molecular weight excluding hydrogens is 354 g/mol. The summed E-state index contributed by atoms with van der Waals surface area (Å²) in [6.07, 6.45) is 2.81. The molecule has 2 rings (SSSR count). The van der Waals surface area contributed by atoms with Crippen molar-refractivity contribution in [2.75, 3.05) is 38.5 Å². The Bertz CT molecular complexity index is 619. The van der Waals surface area contributed by atoms with Gasteiger partial charge in [0.05, 0.1) is 5.75 Å². The van der Waals surface area contributed by atoms with Crippen molar-refractivity contribution in [3.63, 3.8) is 0 Å². The van der Waals surface area contributed by atoms with E-state index in [1.54, 1.807) is 9.80 Å². The van der Waals surface area contributed by atoms with Crippen LogP contribution in [0.25, 0.3) is 0 Å². The number of carbonyl (C=O) groups excluding carboxylic acids is 2. The van der Waals surface area contributed by atoms with Crippen molar-refractivity contribution in [2.45, 2.75) is 59.4 Å². The first kappa shape index (κ1) is 21.2. The Balaban J connectivity index is 2.03. The molecule has 0 aromatic heterocycles. The molecule has 1 unspecified atom stereocenters. The number of amides is 2. The van der Waals surface area contributed by atoms with E-state index in [1.807, 2.05) is 27.7 Å². The summed E-state index contributed by atoms with van der Waals surface area (Å²) in [5, 5.41) is 0. The molecular formula is C18H33N3O4S. The number of rotatable bonds is 4. The lowest BCUT2D eigenvalue weighted by molar-refractivity contribution is -0.146. The first-order valence-corrected chi connectivity index (χ1v) is 11.3. The first-order chi connectivity index (χ1) is 12.1. The summed E-state index contributed by atoms with van der Waals surface area (Å²) in [5.41, 5.74) is -0.430. The van der Waals surface area contributed by atoms with Crippen LogP contribution in [0.1, 0.15) is 53.4 Å². The van der Waals surface area contributed by atoms with Crippen LogP contribution in [0.15, 0.2) is 0 Å². The molecule has 2 aliphatic rings. The number of sulfonamides is 1. The molecule has 2 aliphatic heterocycles. The molecule has 7 nitrogen and oxygen atoms in total. The molecule has 0 saturated carbocycles. The fourth-order valence-electron chi connectivity index (χ4n) is 3.67. The van der Waals surface area contributed by atoms with Gasteiger partial charge in [-0.1, -0.05) is 34.1 Å². The summed E-state index contributed by atoms with van der Waals surface area (Å²) in [6, 6.07) is -0.579. The van der Waals surface area contributed by atoms with Gasteiger partial charge in [0.1, 0.15) is 6.04 Å². The van der Waals surface area contributed by atoms with Crippen LogP contribution in [0.4, 0.5) is 0 Å². The van der Waals surface area contributed by atoms with Crippen LogP contribution in [0.5, 0.6) is 0 Å². The Morgan fingerprint density at radius 1 is 0.962 bits per heavy atom. The van der Waals surface area contributed by atoms with Gasteiger partial charge in [-0.05, 0) is 19.3 Å². The van der Waals surface area contributed by atoms with E-state index < -0.39 is 21.5 Å². The number of piperazine rings is 1. The third-order valence-electron chi connectivity index (χ3n) is 5.08. The fraction of sp³-hybridized carbons (Fsp3) is 0.889. The second kappa shape index (κ2) is 8.25. The molecule has 2 amide bonds. The van der Waals surface area contributed by atoms with Crippen molar-refractivity contribution >= 4 is 21.8 Å². The molecule has 150 valence electrons. The lowest BCUT2D eigenvalue weighted by Crippen LogP contribution is -2.58. The van der Waals surface area contributed by atoms with E-state index >= 15 is 0 Å². The van der Waals surface area contributed by atoms with Gasteiger partial charge in [-0.25, -0.2) is 8.42 Å². The zero-order valence-electron chi connectivity index (χ0n) is 16.5. The van der Waals surface area contributed by atoms with Crippen molar-refractivity contribution in [3.05, 3.63) is 0 Å². The Labute approximate surface area is 157 Å². The molecule has 2 fully saturated rings. The van der Waals surface area contributed by atoms with Gasteiger partial charge in [0.15, 0.2) is 0 Å². The fourth-order valence-corrected chi connectivity index (χ4v) is 5.42. The minimum atomic E-state index is -3.39. The van der Waals surface area contributed by atoms with Gasteiger partial charge in [0.2, 0.25) is 21.8 Å². The highest BCUT2D eigenvalue weighted by molar-refractivity contribution is 7.89. The van der Waals surface area contributed by atoms with Crippen LogP contribution in [0.2, 0.25) is 0 Å². The van der Waals surface area contributed by atoms with E-state index in [1.165, 1.54) is 4.31 Å². The maximum atomic E-state index is 13.0. The number of piperidine rings is 1. The quantitative estimate of drug-likeness (QED) is 0.728. The van der Waals surface area contributed by atoms with Crippen LogP contribution in [-0.4, -0.2) is 78.9 Å². The van der Waals surface area contributed by atoms with E-state index in [0.717, 1.165) is 12.8 Å². The van der Waals surface area contributed by atoms with Gasteiger partial charge in [-0.15, -0.1) is 0 Å². The summed E-state index contributed by atoms with van der Waals surface area (Å²) in [7, 11) is -3.39. The van der Waals surface area contributed by atoms with Gasteiger partial charge in [-0.3, -0.25) is 9.59 Å². The highest BCUT2D eigenvalue weighted by Gasteiger charge is 2.39. The van der Waals surface area contributed by atoms with Crippen LogP contribution < -0.4 is 0 Å². The third kappa shape index (κ3) is 4.76. The summed E-state index contributed by atoms with van der Waals surface area (Å²) < 4.78 is 26.5. The van der Waals surface area contributed by atoms with Gasteiger partial charge in [0.25, 0.3) is 0 Å². The SMILES string of the molecule is CCCS(=O)(=O)N1CCCCC1C(=O)N1CCN(C(=O)C(C)(C)C)CC1. The number of carbonyl (C=O) groups is 2. The lowest BCUT2D eigenvalue weighted by Gasteiger charge is -2.41. The smallest absolute Gasteiger partial charge is 0.241 e. The minimum Gasteiger partial charge on any atom is -0.339 e. The maximum Gasteiger partial charge on any atom is 0.241 e. The Morgan fingerprint density at radius 3 is 2.08 bits per heavy atom. The molecule has 8 heteroatoms. The summed E-state index contributed by atoms with van der Waals surface area (Å²) in [6.45, 7) is 9.91. The molecule has 0 spiro atoms. The van der Waals surface area contributed by atoms with Crippen LogP contribution in [0.3, 0.4) is 0 Å². The molecule has 0 aliphatic carbocycles. The summed E-state index contributed by atoms with van der Waals surface area (Å²) in [5.74, 6) is 0.0756. The largest absolute Gasteiger partial charge is 0.339 e. The zero-order valence-corrected chi connectivity index (χ0v) is 17.3. The zero-order chi connectivity index (χ0) is 19.5. The van der Waals surface area contributed by atoms with E-state index in [4.69, 9.17) is 0 Å². The summed E-state index contributed by atoms with van der Waals surface area (Å²) >= 11 is 0. The molecule has 0 aromatic carbocycles. The Kier molecular flexibility index (Phi) is 6.71. The van der Waals surface area contributed by atoms with Crippen LogP contribution in [0, 0.1) is 5.41 Å². The normalized spacial score (nSPS) is 23.2. The molecule has 0 N–H and O–H groups in total. The van der Waals surface area contributed by atoms with E-state index in [2.05, 4.69) is 0 Å². The van der Waals surface area contributed by atoms with Crippen molar-refractivity contribution in [1.82, 2.24) is 14.1 Å². The van der Waals surface area contributed by atoms with Gasteiger partial charge < -0.3 is 9.80 Å². The molecule has 2 saturated heterocycles. The van der Waals surface area contributed by atoms with Crippen molar-refractivity contribution in [1.29, 1.82) is 0 Å². The number of nitrogens with zero attached hydrogens (tertiary/aromatic N) is 3. The lowest BCUT2D eigenvalue weighted by atomic mass is 9.94. The molecule has 0 radical (unpaired) electrons. The van der Waals surface area contributed by atoms with Gasteiger partial charge in [0, 0.05) is 38.1 Å². The minimum absolute atomic E-state index is 0.0879. The first-order valence-electron chi connectivity index (χ1n) is 9.65. The predicted octanol–water partition coefficient (Wildman–Crippen LogP) is 1.30. The molecule has 2 heterocycles. The predicted molar refractivity (Wildman–Crippen MR) is 101 cm³/mol. The van der Waals surface area contributed by atoms with Crippen LogP contribution >= 0.6 is 0 Å². The van der Waals surface area contributed by atoms with Crippen molar-refractivity contribution in [2.24, 2.45) is 5.41 Å². The third-order valence-corrected chi connectivity index (χ3v) is 7.15. The maximum absolute atomic E-state index is 13.0. The molecule has 1 atom stereocenters. The number of hydrogen-bond acceptors (Lipinski definition) is 4. The monoisotopic (exact) mass is 387 g/mol. The number of hydrogen-bond donors (Lipinski definition) is 0. The molecule has 0 aromatic rings. The van der Waals surface area contributed by atoms with Crippen molar-refractivity contribution in [3.8, 4) is 0 Å². The second-order valence-electron chi connectivity index (χ2n) is 8.31. The molecule has 26 heavy (non-hydrogen) atoms. The second-order valence-corrected chi connectivity index (χ2v) is 10.3. The van der Waals surface area contributed by atoms with Crippen LogP contribution in [-0.2, 0) is 19.6 Å². The Morgan fingerprint density at radius 2 is 1.54 bits per heavy atom. The van der Waals surface area contributed by atoms with Gasteiger partial charge >= 0.3 is 0 Å². The average molecular weight is 388 g/mol. The van der Waals surface area contributed by atoms with E-state index in [-0.39, 0.29) is 17.6 Å². The van der Waals surface area contributed by atoms with E-state index in [0.29, 0.717) is 45.6 Å².